The molecule has 0 fully saturated rings. The van der Waals surface area contributed by atoms with Gasteiger partial charge in [-0.3, -0.25) is 23.9 Å². The minimum atomic E-state index is -0.747. The zero-order chi connectivity index (χ0) is 25.1. The normalized spacial score (nSPS) is 10.9. The molecule has 0 aliphatic heterocycles. The zero-order valence-electron chi connectivity index (χ0n) is 18.5. The first-order valence-corrected chi connectivity index (χ1v) is 10.7. The summed E-state index contributed by atoms with van der Waals surface area (Å²) in [6, 6.07) is 16.0. The first-order chi connectivity index (χ1) is 16.8. The van der Waals surface area contributed by atoms with E-state index >= 15 is 0 Å². The van der Waals surface area contributed by atoms with Gasteiger partial charge in [-0.1, -0.05) is 43.0 Å². The van der Waals surface area contributed by atoms with E-state index in [4.69, 9.17) is 5.21 Å². The van der Waals surface area contributed by atoms with Crippen molar-refractivity contribution >= 4 is 22.4 Å². The van der Waals surface area contributed by atoms with Gasteiger partial charge in [-0.25, -0.2) is 19.1 Å². The van der Waals surface area contributed by atoms with Gasteiger partial charge in [0.15, 0.2) is 0 Å². The van der Waals surface area contributed by atoms with E-state index in [-0.39, 0.29) is 35.4 Å². The van der Waals surface area contributed by atoms with E-state index in [1.165, 1.54) is 28.2 Å². The number of nitrogens with zero attached hydrogens (tertiary/aromatic N) is 2. The number of halogens is 2. The van der Waals surface area contributed by atoms with E-state index in [9.17, 15) is 23.2 Å². The average Bonchev–Trinajstić information content (AvgIpc) is 2.87. The molecule has 0 saturated carbocycles. The lowest BCUT2D eigenvalue weighted by Crippen LogP contribution is -2.40. The van der Waals surface area contributed by atoms with Gasteiger partial charge < -0.3 is 0 Å². The van der Waals surface area contributed by atoms with Crippen LogP contribution in [0.3, 0.4) is 0 Å². The molecule has 4 rings (SSSR count). The maximum Gasteiger partial charge on any atom is 0.331 e. The number of rotatable bonds is 7. The van der Waals surface area contributed by atoms with Crippen molar-refractivity contribution in [3.63, 3.8) is 0 Å². The standard InChI is InChI=1S/C26H21F2N3O4/c1-16(24(32)29-35)19-6-2-18(3-7-19)15-31-23-14-21(28)10-11-22(23)25(33)30(26(31)34)13-12-17-4-8-20(27)9-5-17/h2-11,14,35H,1,12-13,15H2,(H,29,32). The predicted octanol–water partition coefficient (Wildman–Crippen LogP) is 3.25. The Morgan fingerprint density at radius 2 is 1.51 bits per heavy atom. The molecule has 0 radical (unpaired) electrons. The van der Waals surface area contributed by atoms with Crippen molar-refractivity contribution in [2.24, 2.45) is 0 Å². The number of fused-ring (bicyclic) bond motifs is 1. The predicted molar refractivity (Wildman–Crippen MR) is 127 cm³/mol. The monoisotopic (exact) mass is 477 g/mol. The Morgan fingerprint density at radius 1 is 0.886 bits per heavy atom. The van der Waals surface area contributed by atoms with Crippen molar-refractivity contribution in [1.29, 1.82) is 0 Å². The van der Waals surface area contributed by atoms with Crippen molar-refractivity contribution in [3.8, 4) is 0 Å². The second-order valence-electron chi connectivity index (χ2n) is 7.98. The minimum Gasteiger partial charge on any atom is -0.289 e. The zero-order valence-corrected chi connectivity index (χ0v) is 18.5. The number of nitrogens with one attached hydrogen (secondary N) is 1. The summed E-state index contributed by atoms with van der Waals surface area (Å²) < 4.78 is 29.6. The first kappa shape index (κ1) is 23.8. The Morgan fingerprint density at radius 3 is 2.17 bits per heavy atom. The largest absolute Gasteiger partial charge is 0.331 e. The number of hydrogen-bond donors (Lipinski definition) is 2. The van der Waals surface area contributed by atoms with Crippen LogP contribution in [0.1, 0.15) is 16.7 Å². The van der Waals surface area contributed by atoms with E-state index < -0.39 is 23.0 Å². The lowest BCUT2D eigenvalue weighted by molar-refractivity contribution is -0.123. The number of amides is 1. The summed E-state index contributed by atoms with van der Waals surface area (Å²) in [6.07, 6.45) is 0.325. The van der Waals surface area contributed by atoms with Gasteiger partial charge in [0.2, 0.25) is 0 Å². The van der Waals surface area contributed by atoms with Gasteiger partial charge in [0.05, 0.1) is 17.4 Å². The summed E-state index contributed by atoms with van der Waals surface area (Å²) in [4.78, 5) is 38.0. The fourth-order valence-corrected chi connectivity index (χ4v) is 3.82. The van der Waals surface area contributed by atoms with Gasteiger partial charge in [-0.05, 0) is 53.4 Å². The maximum absolute atomic E-state index is 14.0. The number of carbonyl (C=O) groups is 1. The Hall–Kier alpha value is -4.37. The minimum absolute atomic E-state index is 0.0363. The highest BCUT2D eigenvalue weighted by Crippen LogP contribution is 2.16. The highest BCUT2D eigenvalue weighted by molar-refractivity contribution is 6.18. The van der Waals surface area contributed by atoms with Gasteiger partial charge in [0, 0.05) is 12.1 Å². The molecule has 0 bridgehead atoms. The highest BCUT2D eigenvalue weighted by Gasteiger charge is 2.15. The maximum atomic E-state index is 14.0. The molecule has 1 heterocycles. The van der Waals surface area contributed by atoms with E-state index in [1.54, 1.807) is 36.4 Å². The highest BCUT2D eigenvalue weighted by atomic mass is 19.1. The van der Waals surface area contributed by atoms with Crippen molar-refractivity contribution in [2.45, 2.75) is 19.5 Å². The van der Waals surface area contributed by atoms with Crippen molar-refractivity contribution in [1.82, 2.24) is 14.6 Å². The second kappa shape index (κ2) is 9.86. The molecule has 0 aliphatic carbocycles. The molecule has 0 saturated heterocycles. The average molecular weight is 477 g/mol. The molecule has 3 aromatic carbocycles. The van der Waals surface area contributed by atoms with Crippen LogP contribution in [-0.2, 0) is 24.3 Å². The number of carbonyl (C=O) groups excluding carboxylic acids is 1. The van der Waals surface area contributed by atoms with Gasteiger partial charge in [-0.15, -0.1) is 0 Å². The molecular formula is C26H21F2N3O4. The van der Waals surface area contributed by atoms with Crippen LogP contribution < -0.4 is 16.7 Å². The number of aryl methyl sites for hydroxylation is 1. The summed E-state index contributed by atoms with van der Waals surface area (Å²) in [5.41, 5.74) is 2.46. The Kier molecular flexibility index (Phi) is 6.70. The lowest BCUT2D eigenvalue weighted by Gasteiger charge is -2.15. The van der Waals surface area contributed by atoms with Crippen molar-refractivity contribution in [2.75, 3.05) is 0 Å². The van der Waals surface area contributed by atoms with Crippen LogP contribution in [0.15, 0.2) is 82.9 Å². The Labute approximate surface area is 198 Å². The van der Waals surface area contributed by atoms with Crippen LogP contribution in [0.5, 0.6) is 0 Å². The SMILES string of the molecule is C=C(C(=O)NO)c1ccc(Cn2c(=O)n(CCc3ccc(F)cc3)c(=O)c3ccc(F)cc32)cc1. The molecular weight excluding hydrogens is 456 g/mol. The molecule has 0 unspecified atom stereocenters. The summed E-state index contributed by atoms with van der Waals surface area (Å²) in [5, 5.41) is 8.96. The molecule has 1 amide bonds. The summed E-state index contributed by atoms with van der Waals surface area (Å²) >= 11 is 0. The summed E-state index contributed by atoms with van der Waals surface area (Å²) in [6.45, 7) is 3.72. The van der Waals surface area contributed by atoms with Gasteiger partial charge in [-0.2, -0.15) is 0 Å². The number of hydrogen-bond acceptors (Lipinski definition) is 4. The molecule has 0 aliphatic rings. The number of benzene rings is 3. The first-order valence-electron chi connectivity index (χ1n) is 10.7. The fourth-order valence-electron chi connectivity index (χ4n) is 3.82. The molecule has 0 spiro atoms. The van der Waals surface area contributed by atoms with E-state index in [2.05, 4.69) is 6.58 Å². The molecule has 7 nitrogen and oxygen atoms in total. The van der Waals surface area contributed by atoms with Gasteiger partial charge in [0.25, 0.3) is 11.5 Å². The third kappa shape index (κ3) is 4.95. The van der Waals surface area contributed by atoms with Crippen LogP contribution in [0.25, 0.3) is 16.5 Å². The van der Waals surface area contributed by atoms with E-state index in [0.717, 1.165) is 22.3 Å². The van der Waals surface area contributed by atoms with Crippen molar-refractivity contribution in [3.05, 3.63) is 122 Å². The Balaban J connectivity index is 1.73. The lowest BCUT2D eigenvalue weighted by atomic mass is 10.0. The third-order valence-corrected chi connectivity index (χ3v) is 5.74. The molecule has 4 aromatic rings. The smallest absolute Gasteiger partial charge is 0.289 e. The molecule has 35 heavy (non-hydrogen) atoms. The topological polar surface area (TPSA) is 93.3 Å². The van der Waals surface area contributed by atoms with E-state index in [1.807, 2.05) is 0 Å². The quantitative estimate of drug-likeness (QED) is 0.243. The van der Waals surface area contributed by atoms with E-state index in [0.29, 0.717) is 17.5 Å². The number of hydroxylamine groups is 1. The van der Waals surface area contributed by atoms with Crippen LogP contribution >= 0.6 is 0 Å². The van der Waals surface area contributed by atoms with Crippen LogP contribution in [0, 0.1) is 11.6 Å². The summed E-state index contributed by atoms with van der Waals surface area (Å²) in [7, 11) is 0. The molecule has 1 aromatic heterocycles. The van der Waals surface area contributed by atoms with Gasteiger partial charge >= 0.3 is 5.69 Å². The summed E-state index contributed by atoms with van der Waals surface area (Å²) in [5.74, 6) is -1.72. The molecule has 178 valence electrons. The van der Waals surface area contributed by atoms with Crippen molar-refractivity contribution < 1.29 is 18.8 Å². The fraction of sp³-hybridized carbons (Fsp3) is 0.115. The molecule has 0 atom stereocenters. The third-order valence-electron chi connectivity index (χ3n) is 5.74. The molecule has 9 heteroatoms. The second-order valence-corrected chi connectivity index (χ2v) is 7.98. The number of aromatic nitrogens is 2. The van der Waals surface area contributed by atoms with Crippen LogP contribution in [0.4, 0.5) is 8.78 Å². The Bertz CT molecular complexity index is 1540. The molecule has 2 N–H and O–H groups in total. The van der Waals surface area contributed by atoms with Crippen LogP contribution in [-0.4, -0.2) is 20.2 Å². The van der Waals surface area contributed by atoms with Gasteiger partial charge in [0.1, 0.15) is 11.6 Å². The van der Waals surface area contributed by atoms with Crippen LogP contribution in [0.2, 0.25) is 0 Å².